The molecule has 0 radical (unpaired) electrons. The van der Waals surface area contributed by atoms with Gasteiger partial charge in [-0.2, -0.15) is 0 Å². The van der Waals surface area contributed by atoms with Gasteiger partial charge < -0.3 is 14.2 Å². The summed E-state index contributed by atoms with van der Waals surface area (Å²) in [5.41, 5.74) is 0. The van der Waals surface area contributed by atoms with Crippen molar-refractivity contribution in [1.82, 2.24) is 0 Å². The lowest BCUT2D eigenvalue weighted by atomic mass is 10.1. The highest BCUT2D eigenvalue weighted by molar-refractivity contribution is 5.70. The van der Waals surface area contributed by atoms with E-state index in [1.807, 2.05) is 0 Å². The van der Waals surface area contributed by atoms with E-state index in [1.54, 1.807) is 0 Å². The third kappa shape index (κ3) is 59.6. The Kier molecular flexibility index (Phi) is 59.8. The van der Waals surface area contributed by atoms with E-state index in [0.29, 0.717) is 19.4 Å². The molecule has 0 aromatic carbocycles. The van der Waals surface area contributed by atoms with Crippen LogP contribution in [-0.2, 0) is 23.8 Å². The number of esters is 2. The van der Waals surface area contributed by atoms with E-state index in [2.05, 4.69) is 106 Å². The molecule has 0 aliphatic heterocycles. The van der Waals surface area contributed by atoms with Crippen molar-refractivity contribution in [3.8, 4) is 0 Å². The lowest BCUT2D eigenvalue weighted by molar-refractivity contribution is -0.163. The zero-order valence-electron chi connectivity index (χ0n) is 47.9. The topological polar surface area (TPSA) is 61.8 Å². The molecule has 0 aliphatic rings. The fraction of sp³-hybridized carbons (Fsp3) is 0.761. The zero-order valence-corrected chi connectivity index (χ0v) is 47.9. The molecule has 0 saturated carbocycles. The second-order valence-corrected chi connectivity index (χ2v) is 20.6. The molecule has 72 heavy (non-hydrogen) atoms. The zero-order chi connectivity index (χ0) is 52.0. The highest BCUT2D eigenvalue weighted by atomic mass is 16.6. The first kappa shape index (κ1) is 69.1. The highest BCUT2D eigenvalue weighted by Gasteiger charge is 2.17. The van der Waals surface area contributed by atoms with Crippen molar-refractivity contribution in [2.24, 2.45) is 0 Å². The lowest BCUT2D eigenvalue weighted by Crippen LogP contribution is -2.30. The van der Waals surface area contributed by atoms with Crippen molar-refractivity contribution in [3.63, 3.8) is 0 Å². The van der Waals surface area contributed by atoms with E-state index in [9.17, 15) is 9.59 Å². The maximum Gasteiger partial charge on any atom is 0.306 e. The number of allylic oxidation sites excluding steroid dienone is 14. The summed E-state index contributed by atoms with van der Waals surface area (Å²) in [5, 5.41) is 0. The summed E-state index contributed by atoms with van der Waals surface area (Å²) in [6, 6.07) is 0. The predicted octanol–water partition coefficient (Wildman–Crippen LogP) is 21.6. The van der Waals surface area contributed by atoms with Crippen molar-refractivity contribution in [1.29, 1.82) is 0 Å². The molecule has 5 nitrogen and oxygen atoms in total. The summed E-state index contributed by atoms with van der Waals surface area (Å²) in [6.07, 6.45) is 83.3. The predicted molar refractivity (Wildman–Crippen MR) is 316 cm³/mol. The Hall–Kier alpha value is -2.92. The first-order valence-electron chi connectivity index (χ1n) is 31.1. The number of rotatable bonds is 57. The molecule has 0 N–H and O–H groups in total. The Morgan fingerprint density at radius 3 is 1.04 bits per heavy atom. The molecule has 0 spiro atoms. The van der Waals surface area contributed by atoms with E-state index in [0.717, 1.165) is 96.3 Å². The van der Waals surface area contributed by atoms with Crippen molar-refractivity contribution < 1.29 is 23.8 Å². The standard InChI is InChI=1S/C67H118O5/c1-4-7-10-13-16-19-22-25-28-31-33-35-38-41-44-47-50-53-56-59-62-70-63-65(72-67(69)61-58-55-52-49-46-43-40-36-30-27-24-21-18-15-12-9-6-3)64-71-66(68)60-57-54-51-48-45-42-39-37-34-32-29-26-23-20-17-14-11-8-5-2/h9,12,17-18,20-21,25-30,40,43,65H,4-8,10-11,13-16,19,22-24,31-39,41-42,44-64H2,1-3H3/b12-9-,20-17-,21-18-,28-25-,29-26-,30-27-,43-40-. The van der Waals surface area contributed by atoms with Crippen molar-refractivity contribution in [2.75, 3.05) is 19.8 Å². The van der Waals surface area contributed by atoms with Gasteiger partial charge in [-0.1, -0.05) is 260 Å². The molecule has 0 bridgehead atoms. The molecular formula is C67H118O5. The van der Waals surface area contributed by atoms with Crippen LogP contribution < -0.4 is 0 Å². The Bertz CT molecular complexity index is 1320. The van der Waals surface area contributed by atoms with Gasteiger partial charge in [-0.05, 0) is 116 Å². The first-order valence-corrected chi connectivity index (χ1v) is 31.1. The number of ether oxygens (including phenoxy) is 3. The second-order valence-electron chi connectivity index (χ2n) is 20.6. The average Bonchev–Trinajstić information content (AvgIpc) is 3.38. The molecule has 0 aromatic rings. The Labute approximate surface area is 448 Å². The monoisotopic (exact) mass is 1000 g/mol. The van der Waals surface area contributed by atoms with Crippen LogP contribution in [0.2, 0.25) is 0 Å². The molecule has 0 amide bonds. The van der Waals surface area contributed by atoms with Crippen LogP contribution in [0.1, 0.15) is 303 Å². The van der Waals surface area contributed by atoms with Crippen LogP contribution >= 0.6 is 0 Å². The normalized spacial score (nSPS) is 12.8. The van der Waals surface area contributed by atoms with Gasteiger partial charge in [-0.25, -0.2) is 0 Å². The van der Waals surface area contributed by atoms with Crippen LogP contribution in [0.5, 0.6) is 0 Å². The maximum absolute atomic E-state index is 12.9. The van der Waals surface area contributed by atoms with Crippen molar-refractivity contribution in [2.45, 2.75) is 309 Å². The number of carbonyl (C=O) groups excluding carboxylic acids is 2. The van der Waals surface area contributed by atoms with Gasteiger partial charge in [0.1, 0.15) is 6.61 Å². The molecule has 1 atom stereocenters. The number of carbonyl (C=O) groups is 2. The van der Waals surface area contributed by atoms with E-state index < -0.39 is 6.10 Å². The minimum absolute atomic E-state index is 0.0708. The molecule has 5 heteroatoms. The largest absolute Gasteiger partial charge is 0.462 e. The van der Waals surface area contributed by atoms with Gasteiger partial charge in [0.15, 0.2) is 6.10 Å². The van der Waals surface area contributed by atoms with E-state index in [4.69, 9.17) is 14.2 Å². The molecule has 416 valence electrons. The van der Waals surface area contributed by atoms with E-state index in [-0.39, 0.29) is 25.2 Å². The van der Waals surface area contributed by atoms with Crippen LogP contribution in [0.3, 0.4) is 0 Å². The number of hydrogen-bond donors (Lipinski definition) is 0. The summed E-state index contributed by atoms with van der Waals surface area (Å²) in [4.78, 5) is 25.6. The Morgan fingerprint density at radius 1 is 0.319 bits per heavy atom. The van der Waals surface area contributed by atoms with E-state index in [1.165, 1.54) is 173 Å². The molecule has 0 saturated heterocycles. The summed E-state index contributed by atoms with van der Waals surface area (Å²) in [6.45, 7) is 7.69. The summed E-state index contributed by atoms with van der Waals surface area (Å²) in [5.74, 6) is -0.421. The van der Waals surface area contributed by atoms with Gasteiger partial charge in [0, 0.05) is 19.4 Å². The fourth-order valence-electron chi connectivity index (χ4n) is 8.76. The lowest BCUT2D eigenvalue weighted by Gasteiger charge is -2.18. The van der Waals surface area contributed by atoms with Gasteiger partial charge in [-0.3, -0.25) is 9.59 Å². The molecule has 0 aromatic heterocycles. The van der Waals surface area contributed by atoms with Crippen molar-refractivity contribution in [3.05, 3.63) is 85.1 Å². The first-order chi connectivity index (χ1) is 35.6. The third-order valence-electron chi connectivity index (χ3n) is 13.4. The minimum atomic E-state index is -0.556. The average molecular weight is 1000 g/mol. The maximum atomic E-state index is 12.9. The fourth-order valence-corrected chi connectivity index (χ4v) is 8.76. The van der Waals surface area contributed by atoms with E-state index >= 15 is 0 Å². The quantitative estimate of drug-likeness (QED) is 0.0345. The highest BCUT2D eigenvalue weighted by Crippen LogP contribution is 2.15. The second kappa shape index (κ2) is 62.4. The van der Waals surface area contributed by atoms with Crippen LogP contribution in [0.25, 0.3) is 0 Å². The van der Waals surface area contributed by atoms with Gasteiger partial charge in [-0.15, -0.1) is 0 Å². The van der Waals surface area contributed by atoms with Gasteiger partial charge >= 0.3 is 11.9 Å². The Balaban J connectivity index is 4.31. The summed E-state index contributed by atoms with van der Waals surface area (Å²) >= 11 is 0. The number of unbranched alkanes of at least 4 members (excludes halogenated alkanes) is 32. The third-order valence-corrected chi connectivity index (χ3v) is 13.4. The van der Waals surface area contributed by atoms with Crippen LogP contribution in [0, 0.1) is 0 Å². The van der Waals surface area contributed by atoms with Gasteiger partial charge in [0.2, 0.25) is 0 Å². The van der Waals surface area contributed by atoms with Crippen LogP contribution in [0.15, 0.2) is 85.1 Å². The molecule has 0 aliphatic carbocycles. The van der Waals surface area contributed by atoms with Crippen LogP contribution in [-0.4, -0.2) is 37.9 Å². The van der Waals surface area contributed by atoms with Crippen molar-refractivity contribution >= 4 is 11.9 Å². The SMILES string of the molecule is CC/C=C\C/C=C\C/C=C\C/C=C\CCCCCCC(=O)OC(COCCCCCCCCCCCC/C=C\CCCCCCCC)COC(=O)CCCCCCCCCCC/C=C\C/C=C\CCCCC. The van der Waals surface area contributed by atoms with Crippen LogP contribution in [0.4, 0.5) is 0 Å². The molecular weight excluding hydrogens is 885 g/mol. The minimum Gasteiger partial charge on any atom is -0.462 e. The smallest absolute Gasteiger partial charge is 0.306 e. The molecule has 0 fully saturated rings. The number of hydrogen-bond acceptors (Lipinski definition) is 5. The molecule has 0 rings (SSSR count). The molecule has 1 unspecified atom stereocenters. The van der Waals surface area contributed by atoms with Gasteiger partial charge in [0.05, 0.1) is 6.61 Å². The Morgan fingerprint density at radius 2 is 0.625 bits per heavy atom. The summed E-state index contributed by atoms with van der Waals surface area (Å²) < 4.78 is 17.5. The summed E-state index contributed by atoms with van der Waals surface area (Å²) in [7, 11) is 0. The molecule has 0 heterocycles. The van der Waals surface area contributed by atoms with Gasteiger partial charge in [0.25, 0.3) is 0 Å².